The zero-order valence-corrected chi connectivity index (χ0v) is 21.3. The Hall–Kier alpha value is -2.37. The normalized spacial score (nSPS) is 12.7. The van der Waals surface area contributed by atoms with E-state index in [1.165, 1.54) is 12.0 Å². The fraction of sp³-hybridized carbons (Fsp3) is 0.407. The van der Waals surface area contributed by atoms with E-state index in [0.717, 1.165) is 60.6 Å². The van der Waals surface area contributed by atoms with Crippen LogP contribution in [0.1, 0.15) is 73.8 Å². The lowest BCUT2D eigenvalue weighted by molar-refractivity contribution is -0.136. The van der Waals surface area contributed by atoms with Gasteiger partial charge in [-0.2, -0.15) is 0 Å². The predicted molar refractivity (Wildman–Crippen MR) is 138 cm³/mol. The van der Waals surface area contributed by atoms with Crippen LogP contribution in [0.25, 0.3) is 6.08 Å². The average molecular weight is 485 g/mol. The minimum Gasteiger partial charge on any atom is -0.466 e. The summed E-state index contributed by atoms with van der Waals surface area (Å²) in [7, 11) is 1.45. The zero-order valence-electron chi connectivity index (χ0n) is 19.7. The Bertz CT molecular complexity index is 1060. The molecule has 0 fully saturated rings. The molecule has 1 atom stereocenters. The number of carbonyl (C=O) groups excluding carboxylic acids is 1. The molecule has 33 heavy (non-hydrogen) atoms. The van der Waals surface area contributed by atoms with Crippen molar-refractivity contribution in [3.63, 3.8) is 0 Å². The SMILES string of the molecule is CCCCc1ncc(/C=C(/C(=O)OC)C(CCCC)c2cccs2)n1Cc1ccccc1Cl. The molecule has 1 aromatic carbocycles. The summed E-state index contributed by atoms with van der Waals surface area (Å²) < 4.78 is 7.42. The summed E-state index contributed by atoms with van der Waals surface area (Å²) in [4.78, 5) is 18.9. The van der Waals surface area contributed by atoms with Gasteiger partial charge < -0.3 is 9.30 Å². The highest BCUT2D eigenvalue weighted by molar-refractivity contribution is 7.10. The molecule has 0 saturated carbocycles. The maximum atomic E-state index is 13.0. The molecule has 2 aromatic heterocycles. The van der Waals surface area contributed by atoms with Gasteiger partial charge in [0.1, 0.15) is 5.82 Å². The largest absolute Gasteiger partial charge is 0.466 e. The van der Waals surface area contributed by atoms with Gasteiger partial charge >= 0.3 is 5.97 Å². The number of aryl methyl sites for hydroxylation is 1. The Labute approximate surface area is 206 Å². The molecule has 0 aliphatic rings. The molecule has 0 saturated heterocycles. The number of imidazole rings is 1. The second kappa shape index (κ2) is 12.8. The highest BCUT2D eigenvalue weighted by atomic mass is 35.5. The molecule has 3 aromatic rings. The summed E-state index contributed by atoms with van der Waals surface area (Å²) >= 11 is 8.17. The quantitative estimate of drug-likeness (QED) is 0.197. The number of methoxy groups -OCH3 is 1. The molecule has 2 heterocycles. The van der Waals surface area contributed by atoms with Gasteiger partial charge in [-0.15, -0.1) is 11.3 Å². The molecule has 0 bridgehead atoms. The number of hydrogen-bond acceptors (Lipinski definition) is 4. The van der Waals surface area contributed by atoms with Crippen molar-refractivity contribution in [2.75, 3.05) is 7.11 Å². The number of unbranched alkanes of at least 4 members (excludes halogenated alkanes) is 2. The smallest absolute Gasteiger partial charge is 0.334 e. The van der Waals surface area contributed by atoms with Gasteiger partial charge in [0, 0.05) is 27.8 Å². The molecule has 4 nitrogen and oxygen atoms in total. The van der Waals surface area contributed by atoms with Crippen molar-refractivity contribution in [1.82, 2.24) is 9.55 Å². The summed E-state index contributed by atoms with van der Waals surface area (Å²) in [6.07, 6.45) is 9.89. The highest BCUT2D eigenvalue weighted by Crippen LogP contribution is 2.35. The fourth-order valence-electron chi connectivity index (χ4n) is 3.99. The van der Waals surface area contributed by atoms with E-state index >= 15 is 0 Å². The number of ether oxygens (including phenoxy) is 1. The van der Waals surface area contributed by atoms with Gasteiger partial charge in [-0.1, -0.05) is 69.0 Å². The first-order valence-corrected chi connectivity index (χ1v) is 13.0. The monoisotopic (exact) mass is 484 g/mol. The Balaban J connectivity index is 2.08. The molecule has 6 heteroatoms. The maximum Gasteiger partial charge on any atom is 0.334 e. The number of thiophene rings is 1. The molecule has 1 unspecified atom stereocenters. The molecule has 0 amide bonds. The first-order valence-electron chi connectivity index (χ1n) is 11.7. The lowest BCUT2D eigenvalue weighted by atomic mass is 9.91. The summed E-state index contributed by atoms with van der Waals surface area (Å²) in [5.74, 6) is 0.721. The minimum atomic E-state index is -0.287. The summed E-state index contributed by atoms with van der Waals surface area (Å²) in [6, 6.07) is 12.0. The summed E-state index contributed by atoms with van der Waals surface area (Å²) in [5.41, 5.74) is 2.61. The Morgan fingerprint density at radius 3 is 2.64 bits per heavy atom. The molecular formula is C27H33ClN2O2S. The van der Waals surface area contributed by atoms with Gasteiger partial charge in [0.2, 0.25) is 0 Å². The van der Waals surface area contributed by atoms with Crippen molar-refractivity contribution in [3.8, 4) is 0 Å². The lowest BCUT2D eigenvalue weighted by Crippen LogP contribution is -2.14. The Kier molecular flexibility index (Phi) is 9.76. The fourth-order valence-corrected chi connectivity index (χ4v) is 5.06. The number of benzene rings is 1. The van der Waals surface area contributed by atoms with E-state index in [1.807, 2.05) is 42.6 Å². The van der Waals surface area contributed by atoms with Crippen LogP contribution in [0.5, 0.6) is 0 Å². The standard InChI is InChI=1S/C27H33ClN2O2S/c1-4-6-12-22(25-14-10-16-33-25)23(27(31)32-3)17-21-18-29-26(15-7-5-2)30(21)19-20-11-8-9-13-24(20)28/h8-11,13-14,16-18,22H,4-7,12,15,19H2,1-3H3/b23-17+. The van der Waals surface area contributed by atoms with E-state index in [9.17, 15) is 4.79 Å². The molecule has 0 aliphatic carbocycles. The number of aromatic nitrogens is 2. The van der Waals surface area contributed by atoms with Crippen molar-refractivity contribution in [2.24, 2.45) is 0 Å². The van der Waals surface area contributed by atoms with Crippen LogP contribution in [0.3, 0.4) is 0 Å². The van der Waals surface area contributed by atoms with Crippen LogP contribution in [0.2, 0.25) is 5.02 Å². The number of carbonyl (C=O) groups is 1. The number of halogens is 1. The molecule has 0 radical (unpaired) electrons. The van der Waals surface area contributed by atoms with Crippen molar-refractivity contribution in [2.45, 2.75) is 64.8 Å². The van der Waals surface area contributed by atoms with Crippen molar-refractivity contribution in [1.29, 1.82) is 0 Å². The van der Waals surface area contributed by atoms with Gasteiger partial charge in [0.05, 0.1) is 25.5 Å². The molecule has 3 rings (SSSR count). The average Bonchev–Trinajstić information content (AvgIpc) is 3.49. The van der Waals surface area contributed by atoms with E-state index in [1.54, 1.807) is 11.3 Å². The Morgan fingerprint density at radius 2 is 1.97 bits per heavy atom. The second-order valence-electron chi connectivity index (χ2n) is 8.18. The summed E-state index contributed by atoms with van der Waals surface area (Å²) in [6.45, 7) is 4.96. The van der Waals surface area contributed by atoms with E-state index in [4.69, 9.17) is 21.3 Å². The van der Waals surface area contributed by atoms with Crippen LogP contribution in [-0.4, -0.2) is 22.6 Å². The summed E-state index contributed by atoms with van der Waals surface area (Å²) in [5, 5.41) is 2.79. The zero-order chi connectivity index (χ0) is 23.6. The van der Waals surface area contributed by atoms with Crippen LogP contribution >= 0.6 is 22.9 Å². The number of hydrogen-bond donors (Lipinski definition) is 0. The predicted octanol–water partition coefficient (Wildman–Crippen LogP) is 7.52. The highest BCUT2D eigenvalue weighted by Gasteiger charge is 2.25. The van der Waals surface area contributed by atoms with Gasteiger partial charge in [0.15, 0.2) is 0 Å². The van der Waals surface area contributed by atoms with Crippen LogP contribution in [0.15, 0.2) is 53.5 Å². The van der Waals surface area contributed by atoms with Crippen LogP contribution < -0.4 is 0 Å². The number of nitrogens with zero attached hydrogens (tertiary/aromatic N) is 2. The van der Waals surface area contributed by atoms with Crippen molar-refractivity contribution >= 4 is 35.0 Å². The Morgan fingerprint density at radius 1 is 1.18 bits per heavy atom. The van der Waals surface area contributed by atoms with Crippen LogP contribution in [0.4, 0.5) is 0 Å². The third-order valence-corrected chi connectivity index (χ3v) is 7.20. The third-order valence-electron chi connectivity index (χ3n) is 5.84. The first-order chi connectivity index (χ1) is 16.1. The minimum absolute atomic E-state index is 0.000144. The molecule has 0 N–H and O–H groups in total. The number of esters is 1. The second-order valence-corrected chi connectivity index (χ2v) is 9.57. The molecule has 0 spiro atoms. The van der Waals surface area contributed by atoms with Crippen molar-refractivity contribution in [3.05, 3.63) is 80.5 Å². The van der Waals surface area contributed by atoms with E-state index in [0.29, 0.717) is 12.1 Å². The topological polar surface area (TPSA) is 44.1 Å². The van der Waals surface area contributed by atoms with Gasteiger partial charge in [0.25, 0.3) is 0 Å². The molecule has 0 aliphatic heterocycles. The third kappa shape index (κ3) is 6.58. The lowest BCUT2D eigenvalue weighted by Gasteiger charge is -2.19. The van der Waals surface area contributed by atoms with Gasteiger partial charge in [-0.25, -0.2) is 9.78 Å². The first kappa shape index (κ1) is 25.3. The molecule has 176 valence electrons. The van der Waals surface area contributed by atoms with Gasteiger partial charge in [-0.3, -0.25) is 0 Å². The number of rotatable bonds is 12. The molecular weight excluding hydrogens is 452 g/mol. The van der Waals surface area contributed by atoms with Crippen molar-refractivity contribution < 1.29 is 9.53 Å². The van der Waals surface area contributed by atoms with Crippen LogP contribution in [0, 0.1) is 0 Å². The van der Waals surface area contributed by atoms with E-state index in [2.05, 4.69) is 29.9 Å². The van der Waals surface area contributed by atoms with Gasteiger partial charge in [-0.05, 0) is 42.0 Å². The maximum absolute atomic E-state index is 13.0. The van der Waals surface area contributed by atoms with E-state index < -0.39 is 0 Å². The van der Waals surface area contributed by atoms with E-state index in [-0.39, 0.29) is 11.9 Å². The van der Waals surface area contributed by atoms with Crippen LogP contribution in [-0.2, 0) is 22.5 Å².